The number of carbonyl (C=O) groups excluding carboxylic acids is 1. The lowest BCUT2D eigenvalue weighted by Crippen LogP contribution is -2.34. The second kappa shape index (κ2) is 6.94. The Morgan fingerprint density at radius 1 is 1.45 bits per heavy atom. The van der Waals surface area contributed by atoms with Crippen molar-refractivity contribution in [1.82, 2.24) is 5.32 Å². The third-order valence-electron chi connectivity index (χ3n) is 2.39. The average molecular weight is 356 g/mol. The van der Waals surface area contributed by atoms with Gasteiger partial charge in [-0.05, 0) is 40.5 Å². The Balaban J connectivity index is 2.66. The molecule has 0 radical (unpaired) electrons. The van der Waals surface area contributed by atoms with Crippen LogP contribution in [-0.2, 0) is 16.1 Å². The Morgan fingerprint density at radius 2 is 2.10 bits per heavy atom. The number of halogens is 4. The minimum atomic E-state index is -4.73. The maximum atomic E-state index is 12.1. The number of ether oxygens (including phenoxy) is 2. The second-order valence-electron chi connectivity index (χ2n) is 3.94. The summed E-state index contributed by atoms with van der Waals surface area (Å²) in [6.45, 7) is 1.93. The summed E-state index contributed by atoms with van der Waals surface area (Å²) < 4.78 is 44.8. The Labute approximate surface area is 122 Å². The standard InChI is InChI=1S/C12H13BrF3NO3/c1-7(11(18)19-2)17-6-8-3-4-10(9(13)5-8)20-12(14,15)16/h3-5,7,17H,6H2,1-2H3. The number of hydrogen-bond donors (Lipinski definition) is 1. The van der Waals surface area contributed by atoms with Crippen LogP contribution in [0.5, 0.6) is 5.75 Å². The number of benzene rings is 1. The lowest BCUT2D eigenvalue weighted by Gasteiger charge is -2.13. The fraction of sp³-hybridized carbons (Fsp3) is 0.417. The fourth-order valence-electron chi connectivity index (χ4n) is 1.39. The fourth-order valence-corrected chi connectivity index (χ4v) is 1.90. The summed E-state index contributed by atoms with van der Waals surface area (Å²) >= 11 is 3.01. The molecular formula is C12H13BrF3NO3. The molecule has 0 aliphatic carbocycles. The molecule has 0 saturated carbocycles. The molecule has 0 bridgehead atoms. The SMILES string of the molecule is COC(=O)C(C)NCc1ccc(OC(F)(F)F)c(Br)c1. The predicted octanol–water partition coefficient (Wildman–Crippen LogP) is 3.00. The minimum absolute atomic E-state index is 0.180. The van der Waals surface area contributed by atoms with Gasteiger partial charge < -0.3 is 14.8 Å². The molecule has 1 rings (SSSR count). The molecule has 0 spiro atoms. The Morgan fingerprint density at radius 3 is 2.60 bits per heavy atom. The van der Waals surface area contributed by atoms with Crippen molar-refractivity contribution < 1.29 is 27.4 Å². The summed E-state index contributed by atoms with van der Waals surface area (Å²) in [6.07, 6.45) is -4.73. The summed E-state index contributed by atoms with van der Waals surface area (Å²) in [5.74, 6) is -0.733. The minimum Gasteiger partial charge on any atom is -0.468 e. The quantitative estimate of drug-likeness (QED) is 0.825. The van der Waals surface area contributed by atoms with Gasteiger partial charge >= 0.3 is 12.3 Å². The van der Waals surface area contributed by atoms with Gasteiger partial charge in [-0.15, -0.1) is 13.2 Å². The summed E-state index contributed by atoms with van der Waals surface area (Å²) in [5, 5.41) is 2.89. The van der Waals surface area contributed by atoms with E-state index in [9.17, 15) is 18.0 Å². The van der Waals surface area contributed by atoms with Gasteiger partial charge in [0.15, 0.2) is 0 Å². The van der Waals surface area contributed by atoms with E-state index < -0.39 is 18.4 Å². The van der Waals surface area contributed by atoms with Gasteiger partial charge in [0.2, 0.25) is 0 Å². The molecular weight excluding hydrogens is 343 g/mol. The van der Waals surface area contributed by atoms with Crippen LogP contribution in [0, 0.1) is 0 Å². The largest absolute Gasteiger partial charge is 0.573 e. The van der Waals surface area contributed by atoms with Crippen LogP contribution in [0.1, 0.15) is 12.5 Å². The van der Waals surface area contributed by atoms with Crippen molar-refractivity contribution in [3.05, 3.63) is 28.2 Å². The molecule has 1 N–H and O–H groups in total. The van der Waals surface area contributed by atoms with Crippen molar-refractivity contribution in [2.24, 2.45) is 0 Å². The van der Waals surface area contributed by atoms with E-state index in [4.69, 9.17) is 0 Å². The first-order valence-corrected chi connectivity index (χ1v) is 6.37. The Bertz CT molecular complexity index is 480. The van der Waals surface area contributed by atoms with Crippen LogP contribution in [0.2, 0.25) is 0 Å². The number of carbonyl (C=O) groups is 1. The van der Waals surface area contributed by atoms with Crippen molar-refractivity contribution in [1.29, 1.82) is 0 Å². The number of esters is 1. The maximum absolute atomic E-state index is 12.1. The first-order chi connectivity index (χ1) is 9.23. The molecule has 20 heavy (non-hydrogen) atoms. The zero-order valence-electron chi connectivity index (χ0n) is 10.8. The van der Waals surface area contributed by atoms with Crippen LogP contribution in [0.25, 0.3) is 0 Å². The van der Waals surface area contributed by atoms with E-state index in [2.05, 4.69) is 30.7 Å². The van der Waals surface area contributed by atoms with Crippen LogP contribution < -0.4 is 10.1 Å². The molecule has 0 saturated heterocycles. The monoisotopic (exact) mass is 355 g/mol. The predicted molar refractivity (Wildman–Crippen MR) is 69.1 cm³/mol. The van der Waals surface area contributed by atoms with Crippen LogP contribution in [0.4, 0.5) is 13.2 Å². The maximum Gasteiger partial charge on any atom is 0.573 e. The molecule has 0 amide bonds. The van der Waals surface area contributed by atoms with Crippen molar-refractivity contribution >= 4 is 21.9 Å². The molecule has 1 aromatic carbocycles. The number of hydrogen-bond acceptors (Lipinski definition) is 4. The highest BCUT2D eigenvalue weighted by Gasteiger charge is 2.31. The van der Waals surface area contributed by atoms with E-state index in [1.807, 2.05) is 0 Å². The molecule has 0 aliphatic rings. The first kappa shape index (κ1) is 16.8. The van der Waals surface area contributed by atoms with Gasteiger partial charge in [-0.3, -0.25) is 4.79 Å². The van der Waals surface area contributed by atoms with Gasteiger partial charge in [0.05, 0.1) is 11.6 Å². The van der Waals surface area contributed by atoms with Gasteiger partial charge in [-0.25, -0.2) is 0 Å². The van der Waals surface area contributed by atoms with Gasteiger partial charge in [0.25, 0.3) is 0 Å². The van der Waals surface area contributed by atoms with Crippen molar-refractivity contribution in [3.63, 3.8) is 0 Å². The average Bonchev–Trinajstić information content (AvgIpc) is 2.36. The highest BCUT2D eigenvalue weighted by atomic mass is 79.9. The first-order valence-electron chi connectivity index (χ1n) is 5.58. The van der Waals surface area contributed by atoms with E-state index in [1.54, 1.807) is 6.92 Å². The van der Waals surface area contributed by atoms with Crippen LogP contribution >= 0.6 is 15.9 Å². The van der Waals surface area contributed by atoms with Gasteiger partial charge in [0, 0.05) is 6.54 Å². The normalized spacial score (nSPS) is 12.9. The number of nitrogens with one attached hydrogen (secondary N) is 1. The van der Waals surface area contributed by atoms with Crippen LogP contribution in [-0.4, -0.2) is 25.5 Å². The van der Waals surface area contributed by atoms with E-state index in [0.29, 0.717) is 12.1 Å². The lowest BCUT2D eigenvalue weighted by atomic mass is 10.2. The zero-order chi connectivity index (χ0) is 15.3. The molecule has 0 fully saturated rings. The van der Waals surface area contributed by atoms with Gasteiger partial charge in [-0.1, -0.05) is 6.07 Å². The highest BCUT2D eigenvalue weighted by Crippen LogP contribution is 2.31. The van der Waals surface area contributed by atoms with E-state index in [1.165, 1.54) is 25.3 Å². The summed E-state index contributed by atoms with van der Waals surface area (Å²) in [7, 11) is 1.28. The van der Waals surface area contributed by atoms with E-state index in [-0.39, 0.29) is 10.2 Å². The summed E-state index contributed by atoms with van der Waals surface area (Å²) in [4.78, 5) is 11.2. The smallest absolute Gasteiger partial charge is 0.468 e. The molecule has 112 valence electrons. The van der Waals surface area contributed by atoms with Crippen LogP contribution in [0.3, 0.4) is 0 Å². The lowest BCUT2D eigenvalue weighted by molar-refractivity contribution is -0.274. The van der Waals surface area contributed by atoms with E-state index >= 15 is 0 Å². The number of rotatable bonds is 5. The molecule has 1 aromatic rings. The Hall–Kier alpha value is -1.28. The van der Waals surface area contributed by atoms with Crippen LogP contribution in [0.15, 0.2) is 22.7 Å². The highest BCUT2D eigenvalue weighted by molar-refractivity contribution is 9.10. The molecule has 1 unspecified atom stereocenters. The topological polar surface area (TPSA) is 47.6 Å². The van der Waals surface area contributed by atoms with Crippen molar-refractivity contribution in [2.45, 2.75) is 25.9 Å². The molecule has 0 aromatic heterocycles. The number of methoxy groups -OCH3 is 1. The molecule has 0 aliphatic heterocycles. The van der Waals surface area contributed by atoms with Gasteiger partial charge in [-0.2, -0.15) is 0 Å². The second-order valence-corrected chi connectivity index (χ2v) is 4.79. The molecule has 4 nitrogen and oxygen atoms in total. The van der Waals surface area contributed by atoms with E-state index in [0.717, 1.165) is 0 Å². The molecule has 0 heterocycles. The molecule has 1 atom stereocenters. The summed E-state index contributed by atoms with van der Waals surface area (Å²) in [6, 6.07) is 3.66. The van der Waals surface area contributed by atoms with Crippen molar-refractivity contribution in [3.8, 4) is 5.75 Å². The molecule has 8 heteroatoms. The zero-order valence-corrected chi connectivity index (χ0v) is 12.3. The third kappa shape index (κ3) is 5.38. The van der Waals surface area contributed by atoms with Gasteiger partial charge in [0.1, 0.15) is 11.8 Å². The van der Waals surface area contributed by atoms with Crippen molar-refractivity contribution in [2.75, 3.05) is 7.11 Å². The third-order valence-corrected chi connectivity index (χ3v) is 3.01. The Kier molecular flexibility index (Phi) is 5.82. The summed E-state index contributed by atoms with van der Waals surface area (Å²) in [5.41, 5.74) is 0.696. The number of alkyl halides is 3.